The van der Waals surface area contributed by atoms with Crippen LogP contribution < -0.4 is 10.1 Å². The molecular formula is C13H16N2O3. The highest BCUT2D eigenvalue weighted by Gasteiger charge is 2.34. The molecule has 2 aliphatic heterocycles. The highest BCUT2D eigenvalue weighted by atomic mass is 16.6. The van der Waals surface area contributed by atoms with Gasteiger partial charge in [0.1, 0.15) is 11.9 Å². The topological polar surface area (TPSA) is 64.4 Å². The standard InChI is InChI=1S/C13H16N2O3/c16-15(17)11-3-5-12(6-4-11)18-13-7-9-1-2-10(8-13)14-9/h3-6,9-10,13-14H,1-2,7-8H2. The van der Waals surface area contributed by atoms with Gasteiger partial charge in [-0.1, -0.05) is 0 Å². The van der Waals surface area contributed by atoms with Crippen LogP contribution in [0.2, 0.25) is 0 Å². The number of hydrogen-bond donors (Lipinski definition) is 1. The van der Waals surface area contributed by atoms with Crippen molar-refractivity contribution in [3.05, 3.63) is 34.4 Å². The van der Waals surface area contributed by atoms with Gasteiger partial charge in [-0.05, 0) is 37.8 Å². The number of rotatable bonds is 3. The number of nitrogens with one attached hydrogen (secondary N) is 1. The molecule has 1 aromatic rings. The Balaban J connectivity index is 1.64. The van der Waals surface area contributed by atoms with Crippen LogP contribution in [0.1, 0.15) is 25.7 Å². The quantitative estimate of drug-likeness (QED) is 0.658. The lowest BCUT2D eigenvalue weighted by atomic mass is 10.0. The second kappa shape index (κ2) is 4.57. The highest BCUT2D eigenvalue weighted by Crippen LogP contribution is 2.30. The van der Waals surface area contributed by atoms with Crippen molar-refractivity contribution in [2.75, 3.05) is 0 Å². The van der Waals surface area contributed by atoms with Gasteiger partial charge in [-0.2, -0.15) is 0 Å². The average Bonchev–Trinajstić information content (AvgIpc) is 2.69. The molecule has 0 spiro atoms. The number of non-ortho nitro benzene ring substituents is 1. The van der Waals surface area contributed by atoms with Gasteiger partial charge in [0, 0.05) is 24.2 Å². The monoisotopic (exact) mass is 248 g/mol. The predicted molar refractivity (Wildman–Crippen MR) is 66.7 cm³/mol. The fourth-order valence-corrected chi connectivity index (χ4v) is 2.94. The first-order valence-electron chi connectivity index (χ1n) is 6.38. The smallest absolute Gasteiger partial charge is 0.269 e. The molecule has 2 bridgehead atoms. The third-order valence-electron chi connectivity index (χ3n) is 3.78. The summed E-state index contributed by atoms with van der Waals surface area (Å²) in [6.45, 7) is 0. The van der Waals surface area contributed by atoms with Crippen LogP contribution in [-0.4, -0.2) is 23.1 Å². The minimum absolute atomic E-state index is 0.104. The lowest BCUT2D eigenvalue weighted by Crippen LogP contribution is -2.42. The van der Waals surface area contributed by atoms with E-state index >= 15 is 0 Å². The van der Waals surface area contributed by atoms with Gasteiger partial charge in [0.25, 0.3) is 5.69 Å². The molecule has 2 unspecified atom stereocenters. The van der Waals surface area contributed by atoms with E-state index in [1.165, 1.54) is 25.0 Å². The molecule has 2 heterocycles. The first-order valence-corrected chi connectivity index (χ1v) is 6.38. The molecule has 96 valence electrons. The Kier molecular flexibility index (Phi) is 2.91. The molecule has 0 saturated carbocycles. The summed E-state index contributed by atoms with van der Waals surface area (Å²) < 4.78 is 5.91. The van der Waals surface area contributed by atoms with Gasteiger partial charge < -0.3 is 10.1 Å². The summed E-state index contributed by atoms with van der Waals surface area (Å²) >= 11 is 0. The van der Waals surface area contributed by atoms with Gasteiger partial charge in [-0.15, -0.1) is 0 Å². The number of fused-ring (bicyclic) bond motifs is 2. The number of nitro groups is 1. The SMILES string of the molecule is O=[N+]([O-])c1ccc(OC2CC3CCC(C2)N3)cc1. The first-order chi connectivity index (χ1) is 8.70. The fourth-order valence-electron chi connectivity index (χ4n) is 2.94. The van der Waals surface area contributed by atoms with Crippen molar-refractivity contribution in [2.24, 2.45) is 0 Å². The van der Waals surface area contributed by atoms with E-state index in [9.17, 15) is 10.1 Å². The summed E-state index contributed by atoms with van der Waals surface area (Å²) in [7, 11) is 0. The normalized spacial score (nSPS) is 30.1. The minimum Gasteiger partial charge on any atom is -0.490 e. The molecule has 2 aliphatic rings. The molecule has 5 nitrogen and oxygen atoms in total. The van der Waals surface area contributed by atoms with Crippen LogP contribution in [0, 0.1) is 10.1 Å². The van der Waals surface area contributed by atoms with E-state index in [-0.39, 0.29) is 11.8 Å². The zero-order valence-corrected chi connectivity index (χ0v) is 10.0. The molecule has 1 aromatic carbocycles. The largest absolute Gasteiger partial charge is 0.490 e. The summed E-state index contributed by atoms with van der Waals surface area (Å²) in [6.07, 6.45) is 4.79. The van der Waals surface area contributed by atoms with E-state index in [1.54, 1.807) is 12.1 Å². The molecule has 0 radical (unpaired) electrons. The maximum absolute atomic E-state index is 10.6. The van der Waals surface area contributed by atoms with Gasteiger partial charge in [-0.25, -0.2) is 0 Å². The number of piperidine rings is 1. The molecule has 0 aromatic heterocycles. The minimum atomic E-state index is -0.394. The summed E-state index contributed by atoms with van der Waals surface area (Å²) in [4.78, 5) is 10.2. The van der Waals surface area contributed by atoms with Crippen molar-refractivity contribution in [3.63, 3.8) is 0 Å². The molecule has 0 amide bonds. The Labute approximate surface area is 105 Å². The van der Waals surface area contributed by atoms with E-state index in [2.05, 4.69) is 5.32 Å². The molecule has 2 saturated heterocycles. The van der Waals surface area contributed by atoms with Crippen molar-refractivity contribution < 1.29 is 9.66 Å². The van der Waals surface area contributed by atoms with Gasteiger partial charge in [0.05, 0.1) is 4.92 Å². The highest BCUT2D eigenvalue weighted by molar-refractivity contribution is 5.36. The zero-order valence-electron chi connectivity index (χ0n) is 10.0. The zero-order chi connectivity index (χ0) is 12.5. The Morgan fingerprint density at radius 2 is 1.78 bits per heavy atom. The van der Waals surface area contributed by atoms with Gasteiger partial charge in [0.15, 0.2) is 0 Å². The second-order valence-electron chi connectivity index (χ2n) is 5.10. The molecule has 18 heavy (non-hydrogen) atoms. The van der Waals surface area contributed by atoms with E-state index in [0.717, 1.165) is 18.6 Å². The van der Waals surface area contributed by atoms with Crippen molar-refractivity contribution in [2.45, 2.75) is 43.9 Å². The van der Waals surface area contributed by atoms with Crippen molar-refractivity contribution in [1.82, 2.24) is 5.32 Å². The van der Waals surface area contributed by atoms with Crippen molar-refractivity contribution in [3.8, 4) is 5.75 Å². The number of hydrogen-bond acceptors (Lipinski definition) is 4. The van der Waals surface area contributed by atoms with Crippen LogP contribution >= 0.6 is 0 Å². The predicted octanol–water partition coefficient (Wildman–Crippen LogP) is 2.26. The third kappa shape index (κ3) is 2.31. The third-order valence-corrected chi connectivity index (χ3v) is 3.78. The maximum atomic E-state index is 10.6. The van der Waals surface area contributed by atoms with Crippen LogP contribution in [0.3, 0.4) is 0 Å². The maximum Gasteiger partial charge on any atom is 0.269 e. The van der Waals surface area contributed by atoms with Crippen molar-refractivity contribution in [1.29, 1.82) is 0 Å². The van der Waals surface area contributed by atoms with E-state index in [4.69, 9.17) is 4.74 Å². The number of nitro benzene ring substituents is 1. The van der Waals surface area contributed by atoms with Crippen LogP contribution in [0.4, 0.5) is 5.69 Å². The summed E-state index contributed by atoms with van der Waals surface area (Å²) in [5.41, 5.74) is 0.104. The molecule has 3 rings (SSSR count). The Bertz CT molecular complexity index is 434. The lowest BCUT2D eigenvalue weighted by molar-refractivity contribution is -0.384. The first kappa shape index (κ1) is 11.5. The van der Waals surface area contributed by atoms with E-state index < -0.39 is 4.92 Å². The van der Waals surface area contributed by atoms with Gasteiger partial charge in [-0.3, -0.25) is 10.1 Å². The van der Waals surface area contributed by atoms with Crippen LogP contribution in [0.25, 0.3) is 0 Å². The van der Waals surface area contributed by atoms with Gasteiger partial charge in [0.2, 0.25) is 0 Å². The summed E-state index contributed by atoms with van der Waals surface area (Å²) in [5, 5.41) is 14.1. The molecule has 5 heteroatoms. The Hall–Kier alpha value is -1.62. The lowest BCUT2D eigenvalue weighted by Gasteiger charge is -2.29. The molecule has 2 fully saturated rings. The van der Waals surface area contributed by atoms with E-state index in [0.29, 0.717) is 12.1 Å². The van der Waals surface area contributed by atoms with E-state index in [1.807, 2.05) is 0 Å². The fraction of sp³-hybridized carbons (Fsp3) is 0.538. The average molecular weight is 248 g/mol. The van der Waals surface area contributed by atoms with Crippen LogP contribution in [0.15, 0.2) is 24.3 Å². The number of nitrogens with zero attached hydrogens (tertiary/aromatic N) is 1. The second-order valence-corrected chi connectivity index (χ2v) is 5.10. The number of ether oxygens (including phenoxy) is 1. The summed E-state index contributed by atoms with van der Waals surface area (Å²) in [5.74, 6) is 0.729. The Morgan fingerprint density at radius 3 is 2.33 bits per heavy atom. The van der Waals surface area contributed by atoms with Crippen LogP contribution in [0.5, 0.6) is 5.75 Å². The Morgan fingerprint density at radius 1 is 1.17 bits per heavy atom. The van der Waals surface area contributed by atoms with Gasteiger partial charge >= 0.3 is 0 Å². The van der Waals surface area contributed by atoms with Crippen LogP contribution in [-0.2, 0) is 0 Å². The number of benzene rings is 1. The van der Waals surface area contributed by atoms with Crippen molar-refractivity contribution >= 4 is 5.69 Å². The molecular weight excluding hydrogens is 232 g/mol. The molecule has 0 aliphatic carbocycles. The molecule has 1 N–H and O–H groups in total. The molecule has 2 atom stereocenters. The summed E-state index contributed by atoms with van der Waals surface area (Å²) in [6, 6.07) is 7.53.